The summed E-state index contributed by atoms with van der Waals surface area (Å²) in [6, 6.07) is 2.89. The molecule has 0 aromatic carbocycles. The van der Waals surface area contributed by atoms with E-state index in [4.69, 9.17) is 11.5 Å². The fraction of sp³-hybridized carbons (Fsp3) is 0.500. The Kier molecular flexibility index (Phi) is 5.72. The Balaban J connectivity index is 1.76. The number of nitrogen functional groups attached to an aromatic ring is 1. The van der Waals surface area contributed by atoms with Crippen LogP contribution < -0.4 is 16.4 Å². The van der Waals surface area contributed by atoms with Crippen LogP contribution >= 0.6 is 11.8 Å². The van der Waals surface area contributed by atoms with E-state index in [0.29, 0.717) is 5.82 Å². The van der Waals surface area contributed by atoms with Crippen LogP contribution in [0.15, 0.2) is 34.4 Å². The van der Waals surface area contributed by atoms with E-state index in [1.165, 1.54) is 12.1 Å². The van der Waals surface area contributed by atoms with E-state index in [1.807, 2.05) is 6.92 Å². The topological polar surface area (TPSA) is 94.0 Å². The van der Waals surface area contributed by atoms with E-state index >= 15 is 0 Å². The van der Waals surface area contributed by atoms with E-state index < -0.39 is 11.9 Å². The fourth-order valence-corrected chi connectivity index (χ4v) is 3.98. The van der Waals surface area contributed by atoms with Gasteiger partial charge in [0, 0.05) is 30.2 Å². The van der Waals surface area contributed by atoms with Crippen molar-refractivity contribution in [1.82, 2.24) is 15.0 Å². The molecule has 0 saturated carbocycles. The largest absolute Gasteiger partial charge is 0.434 e. The zero-order valence-electron chi connectivity index (χ0n) is 15.7. The van der Waals surface area contributed by atoms with Gasteiger partial charge in [0.2, 0.25) is 0 Å². The molecule has 0 spiro atoms. The first kappa shape index (κ1) is 20.7. The average Bonchev–Trinajstić information content (AvgIpc) is 2.63. The Bertz CT molecular complexity index is 834. The number of piperidine rings is 1. The minimum Gasteiger partial charge on any atom is -0.381 e. The Morgan fingerprint density at radius 2 is 1.93 bits per heavy atom. The first-order valence-electron chi connectivity index (χ1n) is 8.93. The zero-order valence-corrected chi connectivity index (χ0v) is 16.5. The molecule has 0 radical (unpaired) electrons. The molecular weight excluding hydrogens is 389 g/mol. The van der Waals surface area contributed by atoms with Crippen LogP contribution in [0, 0.1) is 5.41 Å². The first-order valence-corrected chi connectivity index (χ1v) is 9.75. The van der Waals surface area contributed by atoms with Crippen molar-refractivity contribution in [3.8, 4) is 0 Å². The van der Waals surface area contributed by atoms with Crippen LogP contribution in [0.4, 0.5) is 24.8 Å². The molecule has 1 aliphatic rings. The molecule has 3 rings (SSSR count). The fourth-order valence-electron chi connectivity index (χ4n) is 3.11. The molecule has 2 aromatic rings. The van der Waals surface area contributed by atoms with Crippen LogP contribution in [0.25, 0.3) is 0 Å². The molecule has 1 fully saturated rings. The lowest BCUT2D eigenvalue weighted by Crippen LogP contribution is -2.47. The Labute approximate surface area is 165 Å². The van der Waals surface area contributed by atoms with Crippen LogP contribution in [0.3, 0.4) is 0 Å². The summed E-state index contributed by atoms with van der Waals surface area (Å²) in [5.74, 6) is 0.718. The van der Waals surface area contributed by atoms with Crippen molar-refractivity contribution in [1.29, 1.82) is 0 Å². The highest BCUT2D eigenvalue weighted by atomic mass is 32.2. The standard InChI is InChI=1S/C18H23F3N6S/c1-11(22)17(2)5-8-27(9-6-17)13-10-25-16(15(23)26-13)28-12-4-3-7-24-14(12)18(19,20)21/h3-4,7,10-11H,5-6,8-9,22H2,1-2H3,(H2,23,26). The molecule has 0 bridgehead atoms. The van der Waals surface area contributed by atoms with Crippen molar-refractivity contribution < 1.29 is 13.2 Å². The number of anilines is 2. The monoisotopic (exact) mass is 412 g/mol. The van der Waals surface area contributed by atoms with Gasteiger partial charge in [-0.3, -0.25) is 4.98 Å². The molecule has 152 valence electrons. The number of pyridine rings is 1. The molecule has 6 nitrogen and oxygen atoms in total. The van der Waals surface area contributed by atoms with E-state index in [2.05, 4.69) is 26.8 Å². The van der Waals surface area contributed by atoms with Crippen molar-refractivity contribution in [2.75, 3.05) is 23.7 Å². The smallest absolute Gasteiger partial charge is 0.381 e. The molecule has 28 heavy (non-hydrogen) atoms. The number of halogens is 3. The molecule has 1 saturated heterocycles. The molecule has 0 amide bonds. The summed E-state index contributed by atoms with van der Waals surface area (Å²) in [7, 11) is 0. The third-order valence-electron chi connectivity index (χ3n) is 5.33. The predicted molar refractivity (Wildman–Crippen MR) is 103 cm³/mol. The average molecular weight is 412 g/mol. The Hall–Kier alpha value is -2.07. The van der Waals surface area contributed by atoms with E-state index in [9.17, 15) is 13.2 Å². The minimum atomic E-state index is -4.55. The van der Waals surface area contributed by atoms with Gasteiger partial charge in [-0.1, -0.05) is 18.7 Å². The lowest BCUT2D eigenvalue weighted by molar-refractivity contribution is -0.143. The summed E-state index contributed by atoms with van der Waals surface area (Å²) in [5.41, 5.74) is 11.2. The van der Waals surface area contributed by atoms with Crippen LogP contribution in [0.1, 0.15) is 32.4 Å². The second-order valence-electron chi connectivity index (χ2n) is 7.30. The van der Waals surface area contributed by atoms with Crippen LogP contribution in [-0.4, -0.2) is 34.1 Å². The van der Waals surface area contributed by atoms with Gasteiger partial charge in [0.15, 0.2) is 11.5 Å². The van der Waals surface area contributed by atoms with Crippen molar-refractivity contribution >= 4 is 23.4 Å². The van der Waals surface area contributed by atoms with E-state index in [0.717, 1.165) is 43.9 Å². The van der Waals surface area contributed by atoms with Gasteiger partial charge in [-0.05, 0) is 37.3 Å². The third-order valence-corrected chi connectivity index (χ3v) is 6.38. The van der Waals surface area contributed by atoms with Gasteiger partial charge >= 0.3 is 6.18 Å². The molecular formula is C18H23F3N6S. The number of nitrogens with two attached hydrogens (primary N) is 2. The van der Waals surface area contributed by atoms with Gasteiger partial charge in [-0.15, -0.1) is 0 Å². The summed E-state index contributed by atoms with van der Waals surface area (Å²) < 4.78 is 39.4. The van der Waals surface area contributed by atoms with Crippen molar-refractivity contribution in [2.24, 2.45) is 11.1 Å². The summed E-state index contributed by atoms with van der Waals surface area (Å²) in [5, 5.41) is 0.222. The maximum atomic E-state index is 13.1. The van der Waals surface area contributed by atoms with Gasteiger partial charge in [0.05, 0.1) is 6.20 Å². The number of hydrogen-bond acceptors (Lipinski definition) is 7. The zero-order chi connectivity index (χ0) is 20.5. The Morgan fingerprint density at radius 3 is 2.50 bits per heavy atom. The van der Waals surface area contributed by atoms with Crippen LogP contribution in [0.5, 0.6) is 0 Å². The van der Waals surface area contributed by atoms with Gasteiger partial charge in [0.1, 0.15) is 10.8 Å². The van der Waals surface area contributed by atoms with Gasteiger partial charge in [-0.2, -0.15) is 13.2 Å². The predicted octanol–water partition coefficient (Wildman–Crippen LogP) is 3.58. The lowest BCUT2D eigenvalue weighted by atomic mass is 9.75. The van der Waals surface area contributed by atoms with Crippen molar-refractivity contribution in [3.05, 3.63) is 30.2 Å². The number of rotatable bonds is 4. The molecule has 1 aliphatic heterocycles. The van der Waals surface area contributed by atoms with Gasteiger partial charge in [0.25, 0.3) is 0 Å². The number of nitrogens with zero attached hydrogens (tertiary/aromatic N) is 4. The second-order valence-corrected chi connectivity index (χ2v) is 8.33. The van der Waals surface area contributed by atoms with Gasteiger partial charge < -0.3 is 16.4 Å². The lowest BCUT2D eigenvalue weighted by Gasteiger charge is -2.42. The molecule has 1 unspecified atom stereocenters. The molecule has 3 heterocycles. The Morgan fingerprint density at radius 1 is 1.25 bits per heavy atom. The summed E-state index contributed by atoms with van der Waals surface area (Å²) in [6.07, 6.45) is -0.0404. The van der Waals surface area contributed by atoms with Crippen LogP contribution in [-0.2, 0) is 6.18 Å². The molecule has 4 N–H and O–H groups in total. The second kappa shape index (κ2) is 7.75. The summed E-state index contributed by atoms with van der Waals surface area (Å²) >= 11 is 0.811. The van der Waals surface area contributed by atoms with Gasteiger partial charge in [-0.25, -0.2) is 9.97 Å². The SMILES string of the molecule is CC(N)C1(C)CCN(c2cnc(Sc3cccnc3C(F)(F)F)c(N)n2)CC1. The third kappa shape index (κ3) is 4.33. The number of hydrogen-bond donors (Lipinski definition) is 2. The number of alkyl halides is 3. The highest BCUT2D eigenvalue weighted by Crippen LogP contribution is 2.39. The summed E-state index contributed by atoms with van der Waals surface area (Å²) in [6.45, 7) is 5.76. The molecule has 1 atom stereocenters. The minimum absolute atomic E-state index is 0.0607. The molecule has 2 aromatic heterocycles. The summed E-state index contributed by atoms with van der Waals surface area (Å²) in [4.78, 5) is 14.1. The molecule has 10 heteroatoms. The quantitative estimate of drug-likeness (QED) is 0.793. The van der Waals surface area contributed by atoms with Crippen molar-refractivity contribution in [2.45, 2.75) is 48.8 Å². The van der Waals surface area contributed by atoms with Crippen molar-refractivity contribution in [3.63, 3.8) is 0 Å². The van der Waals surface area contributed by atoms with Crippen LogP contribution in [0.2, 0.25) is 0 Å². The maximum absolute atomic E-state index is 13.1. The highest BCUT2D eigenvalue weighted by molar-refractivity contribution is 7.99. The normalized spacial score (nSPS) is 18.1. The number of aromatic nitrogens is 3. The highest BCUT2D eigenvalue weighted by Gasteiger charge is 2.36. The molecule has 0 aliphatic carbocycles. The maximum Gasteiger partial charge on any atom is 0.434 e. The van der Waals surface area contributed by atoms with E-state index in [-0.39, 0.29) is 27.2 Å². The van der Waals surface area contributed by atoms with E-state index in [1.54, 1.807) is 6.20 Å². The first-order chi connectivity index (χ1) is 13.1.